The van der Waals surface area contributed by atoms with Gasteiger partial charge in [0.05, 0.1) is 0 Å². The number of carbonyl (C=O) groups is 3. The van der Waals surface area contributed by atoms with Crippen molar-refractivity contribution in [2.45, 2.75) is 32.9 Å². The van der Waals surface area contributed by atoms with Crippen LogP contribution < -0.4 is 16.0 Å². The van der Waals surface area contributed by atoms with Crippen LogP contribution in [0.3, 0.4) is 0 Å². The maximum atomic E-state index is 11.8. The number of rotatable bonds is 7. The SMILES string of the molecule is COCC(=O)Nc1cccc(CNC(=O)CNC(=O)OC(C)(C)C)c1. The zero-order valence-electron chi connectivity index (χ0n) is 15.0. The van der Waals surface area contributed by atoms with E-state index in [1.807, 2.05) is 6.07 Å². The standard InChI is InChI=1S/C17H25N3O5/c1-17(2,3)25-16(23)19-10-14(21)18-9-12-6-5-7-13(8-12)20-15(22)11-24-4/h5-8H,9-11H2,1-4H3,(H,18,21)(H,19,23)(H,20,22). The zero-order valence-corrected chi connectivity index (χ0v) is 15.0. The van der Waals surface area contributed by atoms with E-state index in [0.29, 0.717) is 5.69 Å². The first kappa shape index (κ1) is 20.4. The molecule has 0 saturated heterocycles. The highest BCUT2D eigenvalue weighted by Gasteiger charge is 2.16. The smallest absolute Gasteiger partial charge is 0.408 e. The Hall–Kier alpha value is -2.61. The quantitative estimate of drug-likeness (QED) is 0.689. The number of ether oxygens (including phenoxy) is 2. The van der Waals surface area contributed by atoms with Gasteiger partial charge in [0.15, 0.2) is 0 Å². The van der Waals surface area contributed by atoms with Crippen LogP contribution in [0, 0.1) is 0 Å². The molecule has 0 aliphatic carbocycles. The Balaban J connectivity index is 2.41. The van der Waals surface area contributed by atoms with Crippen molar-refractivity contribution < 1.29 is 23.9 Å². The fraction of sp³-hybridized carbons (Fsp3) is 0.471. The number of hydrogen-bond donors (Lipinski definition) is 3. The molecule has 0 fully saturated rings. The van der Waals surface area contributed by atoms with Gasteiger partial charge in [0.25, 0.3) is 0 Å². The lowest BCUT2D eigenvalue weighted by molar-refractivity contribution is -0.120. The molecule has 25 heavy (non-hydrogen) atoms. The summed E-state index contributed by atoms with van der Waals surface area (Å²) in [5, 5.41) is 7.74. The molecule has 3 amide bonds. The largest absolute Gasteiger partial charge is 0.444 e. The highest BCUT2D eigenvalue weighted by molar-refractivity contribution is 5.91. The Kier molecular flexibility index (Phi) is 7.87. The van der Waals surface area contributed by atoms with Crippen molar-refractivity contribution >= 4 is 23.6 Å². The van der Waals surface area contributed by atoms with Gasteiger partial charge in [-0.05, 0) is 38.5 Å². The number of nitrogens with one attached hydrogen (secondary N) is 3. The Morgan fingerprint density at radius 3 is 2.44 bits per heavy atom. The van der Waals surface area contributed by atoms with Gasteiger partial charge < -0.3 is 25.4 Å². The van der Waals surface area contributed by atoms with Crippen LogP contribution in [0.15, 0.2) is 24.3 Å². The second-order valence-electron chi connectivity index (χ2n) is 6.31. The summed E-state index contributed by atoms with van der Waals surface area (Å²) in [5.41, 5.74) is 0.801. The van der Waals surface area contributed by atoms with Gasteiger partial charge >= 0.3 is 6.09 Å². The normalized spacial score (nSPS) is 10.7. The fourth-order valence-corrected chi connectivity index (χ4v) is 1.82. The van der Waals surface area contributed by atoms with Gasteiger partial charge in [0.2, 0.25) is 11.8 Å². The second-order valence-corrected chi connectivity index (χ2v) is 6.31. The molecule has 0 spiro atoms. The number of methoxy groups -OCH3 is 1. The molecule has 0 saturated carbocycles. The minimum absolute atomic E-state index is 0.0305. The van der Waals surface area contributed by atoms with Gasteiger partial charge in [-0.1, -0.05) is 12.1 Å². The van der Waals surface area contributed by atoms with Gasteiger partial charge in [-0.15, -0.1) is 0 Å². The van der Waals surface area contributed by atoms with E-state index in [1.165, 1.54) is 7.11 Å². The summed E-state index contributed by atoms with van der Waals surface area (Å²) >= 11 is 0. The number of benzene rings is 1. The predicted molar refractivity (Wildman–Crippen MR) is 93.0 cm³/mol. The maximum Gasteiger partial charge on any atom is 0.408 e. The summed E-state index contributed by atoms with van der Waals surface area (Å²) < 4.78 is 9.79. The van der Waals surface area contributed by atoms with Crippen molar-refractivity contribution in [3.8, 4) is 0 Å². The molecule has 1 aromatic carbocycles. The summed E-state index contributed by atoms with van der Waals surface area (Å²) in [6.45, 7) is 5.28. The lowest BCUT2D eigenvalue weighted by Crippen LogP contribution is -2.39. The van der Waals surface area contributed by atoms with Crippen LogP contribution in [0.1, 0.15) is 26.3 Å². The average Bonchev–Trinajstić information content (AvgIpc) is 2.50. The van der Waals surface area contributed by atoms with Gasteiger partial charge in [0.1, 0.15) is 18.8 Å². The Bertz CT molecular complexity index is 611. The molecule has 8 heteroatoms. The molecular weight excluding hydrogens is 326 g/mol. The van der Waals surface area contributed by atoms with Crippen LogP contribution in [0.25, 0.3) is 0 Å². The molecule has 0 atom stereocenters. The number of alkyl carbamates (subject to hydrolysis) is 1. The monoisotopic (exact) mass is 351 g/mol. The summed E-state index contributed by atoms with van der Waals surface area (Å²) in [4.78, 5) is 34.7. The molecule has 1 aromatic rings. The fourth-order valence-electron chi connectivity index (χ4n) is 1.82. The van der Waals surface area contributed by atoms with Gasteiger partial charge in [-0.25, -0.2) is 4.79 Å². The minimum Gasteiger partial charge on any atom is -0.444 e. The molecule has 0 aliphatic rings. The highest BCUT2D eigenvalue weighted by atomic mass is 16.6. The van der Waals surface area contributed by atoms with Crippen LogP contribution in [0.5, 0.6) is 0 Å². The molecule has 3 N–H and O–H groups in total. The van der Waals surface area contributed by atoms with E-state index in [4.69, 9.17) is 9.47 Å². The van der Waals surface area contributed by atoms with Crippen LogP contribution in [-0.2, 0) is 25.6 Å². The third-order valence-corrected chi connectivity index (χ3v) is 2.77. The predicted octanol–water partition coefficient (Wildman–Crippen LogP) is 1.41. The molecule has 138 valence electrons. The van der Waals surface area contributed by atoms with Crippen LogP contribution in [-0.4, -0.2) is 43.8 Å². The van der Waals surface area contributed by atoms with Crippen LogP contribution >= 0.6 is 0 Å². The number of hydrogen-bond acceptors (Lipinski definition) is 5. The van der Waals surface area contributed by atoms with Crippen LogP contribution in [0.2, 0.25) is 0 Å². The number of amides is 3. The maximum absolute atomic E-state index is 11.8. The topological polar surface area (TPSA) is 106 Å². The number of anilines is 1. The summed E-state index contributed by atoms with van der Waals surface area (Å²) in [6, 6.07) is 7.06. The molecule has 0 bridgehead atoms. The van der Waals surface area contributed by atoms with Crippen molar-refractivity contribution in [2.75, 3.05) is 25.6 Å². The van der Waals surface area contributed by atoms with Crippen molar-refractivity contribution in [1.82, 2.24) is 10.6 Å². The molecule has 0 heterocycles. The first-order chi connectivity index (χ1) is 11.7. The summed E-state index contributed by atoms with van der Waals surface area (Å²) in [7, 11) is 1.44. The highest BCUT2D eigenvalue weighted by Crippen LogP contribution is 2.10. The Morgan fingerprint density at radius 2 is 1.80 bits per heavy atom. The molecule has 0 aromatic heterocycles. The minimum atomic E-state index is -0.648. The molecular formula is C17H25N3O5. The third kappa shape index (κ3) is 9.31. The van der Waals surface area contributed by atoms with E-state index in [9.17, 15) is 14.4 Å². The van der Waals surface area contributed by atoms with E-state index in [1.54, 1.807) is 39.0 Å². The third-order valence-electron chi connectivity index (χ3n) is 2.77. The van der Waals surface area contributed by atoms with E-state index in [-0.39, 0.29) is 31.5 Å². The number of carbonyl (C=O) groups excluding carboxylic acids is 3. The van der Waals surface area contributed by atoms with Gasteiger partial charge in [-0.3, -0.25) is 9.59 Å². The first-order valence-electron chi connectivity index (χ1n) is 7.81. The molecule has 0 aliphatic heterocycles. The second kappa shape index (κ2) is 9.63. The summed E-state index contributed by atoms with van der Waals surface area (Å²) in [5.74, 6) is -0.607. The lowest BCUT2D eigenvalue weighted by Gasteiger charge is -2.19. The van der Waals surface area contributed by atoms with Crippen molar-refractivity contribution in [1.29, 1.82) is 0 Å². The van der Waals surface area contributed by atoms with E-state index >= 15 is 0 Å². The molecule has 1 rings (SSSR count). The van der Waals surface area contributed by atoms with Gasteiger partial charge in [-0.2, -0.15) is 0 Å². The van der Waals surface area contributed by atoms with Gasteiger partial charge in [0, 0.05) is 19.3 Å². The molecule has 0 radical (unpaired) electrons. The first-order valence-corrected chi connectivity index (χ1v) is 7.81. The van der Waals surface area contributed by atoms with Crippen LogP contribution in [0.4, 0.5) is 10.5 Å². The summed E-state index contributed by atoms with van der Waals surface area (Å²) in [6.07, 6.45) is -0.648. The Morgan fingerprint density at radius 1 is 1.08 bits per heavy atom. The van der Waals surface area contributed by atoms with Crippen molar-refractivity contribution in [3.05, 3.63) is 29.8 Å². The van der Waals surface area contributed by atoms with Crippen molar-refractivity contribution in [2.24, 2.45) is 0 Å². The molecule has 8 nitrogen and oxygen atoms in total. The average molecular weight is 351 g/mol. The van der Waals surface area contributed by atoms with E-state index in [0.717, 1.165) is 5.56 Å². The lowest BCUT2D eigenvalue weighted by atomic mass is 10.2. The van der Waals surface area contributed by atoms with Crippen molar-refractivity contribution in [3.63, 3.8) is 0 Å². The Labute approximate surface area is 147 Å². The zero-order chi connectivity index (χ0) is 18.9. The van der Waals surface area contributed by atoms with E-state index < -0.39 is 11.7 Å². The molecule has 0 unspecified atom stereocenters. The van der Waals surface area contributed by atoms with E-state index in [2.05, 4.69) is 16.0 Å².